The lowest BCUT2D eigenvalue weighted by atomic mass is 10.1. The first kappa shape index (κ1) is 20.5. The second kappa shape index (κ2) is 8.27. The van der Waals surface area contributed by atoms with Crippen LogP contribution in [-0.2, 0) is 0 Å². The maximum absolute atomic E-state index is 12.7. The van der Waals surface area contributed by atoms with E-state index < -0.39 is 18.4 Å². The quantitative estimate of drug-likeness (QED) is 0.311. The van der Waals surface area contributed by atoms with Crippen LogP contribution in [0, 0.1) is 0 Å². The molecule has 3 aromatic rings. The summed E-state index contributed by atoms with van der Waals surface area (Å²) in [5.41, 5.74) is 0.757. The highest BCUT2D eigenvalue weighted by Crippen LogP contribution is 2.37. The van der Waals surface area contributed by atoms with Crippen LogP contribution in [0.3, 0.4) is 0 Å². The van der Waals surface area contributed by atoms with Crippen LogP contribution in [0.1, 0.15) is 26.3 Å². The minimum absolute atomic E-state index is 0.0745. The number of hydrogen-bond acceptors (Lipinski definition) is 7. The molecule has 0 atom stereocenters. The van der Waals surface area contributed by atoms with E-state index in [1.165, 1.54) is 48.5 Å². The lowest BCUT2D eigenvalue weighted by Crippen LogP contribution is -2.08. The minimum atomic E-state index is -3.01. The third kappa shape index (κ3) is 4.08. The minimum Gasteiger partial charge on any atom is -0.454 e. The molecule has 7 nitrogen and oxygen atoms in total. The Morgan fingerprint density at radius 3 is 2.64 bits per heavy atom. The molecule has 3 aromatic carbocycles. The van der Waals surface area contributed by atoms with Gasteiger partial charge in [0.15, 0.2) is 17.3 Å². The van der Waals surface area contributed by atoms with Crippen molar-refractivity contribution in [3.8, 4) is 28.7 Å². The maximum Gasteiger partial charge on any atom is 0.387 e. The third-order valence-electron chi connectivity index (χ3n) is 4.88. The van der Waals surface area contributed by atoms with Crippen LogP contribution in [0.5, 0.6) is 28.7 Å². The zero-order valence-corrected chi connectivity index (χ0v) is 16.7. The molecule has 0 bridgehead atoms. The fourth-order valence-electron chi connectivity index (χ4n) is 3.36. The molecule has 2 aliphatic rings. The Labute approximate surface area is 185 Å². The van der Waals surface area contributed by atoms with E-state index in [0.29, 0.717) is 11.5 Å². The summed E-state index contributed by atoms with van der Waals surface area (Å²) < 4.78 is 51.2. The van der Waals surface area contributed by atoms with Gasteiger partial charge in [0.2, 0.25) is 12.6 Å². The monoisotopic (exact) mass is 452 g/mol. The van der Waals surface area contributed by atoms with Gasteiger partial charge in [0, 0.05) is 11.6 Å². The zero-order valence-electron chi connectivity index (χ0n) is 16.7. The van der Waals surface area contributed by atoms with Crippen molar-refractivity contribution in [1.29, 1.82) is 0 Å². The van der Waals surface area contributed by atoms with E-state index >= 15 is 0 Å². The molecule has 0 amide bonds. The molecule has 0 saturated carbocycles. The Kier molecular flexibility index (Phi) is 5.14. The Hall–Kier alpha value is -4.40. The zero-order chi connectivity index (χ0) is 22.9. The van der Waals surface area contributed by atoms with Crippen molar-refractivity contribution in [3.05, 3.63) is 83.1 Å². The highest BCUT2D eigenvalue weighted by molar-refractivity contribution is 6.14. The molecular formula is C24H14F2O7. The van der Waals surface area contributed by atoms with Gasteiger partial charge < -0.3 is 23.7 Å². The molecule has 166 valence electrons. The number of esters is 1. The van der Waals surface area contributed by atoms with E-state index in [1.807, 2.05) is 0 Å². The first-order chi connectivity index (χ1) is 16.0. The van der Waals surface area contributed by atoms with Gasteiger partial charge in [-0.25, -0.2) is 4.79 Å². The van der Waals surface area contributed by atoms with E-state index in [2.05, 4.69) is 4.74 Å². The Balaban J connectivity index is 1.35. The van der Waals surface area contributed by atoms with Gasteiger partial charge >= 0.3 is 12.6 Å². The number of allylic oxidation sites excluding steroid dienone is 1. The van der Waals surface area contributed by atoms with Gasteiger partial charge in [-0.3, -0.25) is 4.79 Å². The maximum atomic E-state index is 12.7. The molecule has 2 aliphatic heterocycles. The number of fused-ring (bicyclic) bond motifs is 2. The van der Waals surface area contributed by atoms with Crippen LogP contribution in [-0.4, -0.2) is 25.2 Å². The summed E-state index contributed by atoms with van der Waals surface area (Å²) in [5, 5.41) is 0. The molecule has 5 rings (SSSR count). The smallest absolute Gasteiger partial charge is 0.387 e. The summed E-state index contributed by atoms with van der Waals surface area (Å²) in [5.74, 6) is 0.0765. The number of ketones is 1. The first-order valence-corrected chi connectivity index (χ1v) is 9.72. The van der Waals surface area contributed by atoms with Gasteiger partial charge in [0.1, 0.15) is 17.2 Å². The summed E-state index contributed by atoms with van der Waals surface area (Å²) in [7, 11) is 0. The molecule has 0 aliphatic carbocycles. The fourth-order valence-corrected chi connectivity index (χ4v) is 3.36. The van der Waals surface area contributed by atoms with Gasteiger partial charge in [0.05, 0.1) is 11.1 Å². The van der Waals surface area contributed by atoms with E-state index in [0.717, 1.165) is 0 Å². The second-order valence-electron chi connectivity index (χ2n) is 6.97. The summed E-state index contributed by atoms with van der Waals surface area (Å²) in [6.07, 6.45) is 1.32. The topological polar surface area (TPSA) is 80.3 Å². The van der Waals surface area contributed by atoms with Crippen LogP contribution in [0.25, 0.3) is 6.08 Å². The lowest BCUT2D eigenvalue weighted by molar-refractivity contribution is -0.0500. The van der Waals surface area contributed by atoms with Crippen molar-refractivity contribution in [2.75, 3.05) is 6.79 Å². The lowest BCUT2D eigenvalue weighted by Gasteiger charge is -2.08. The normalized spacial score (nSPS) is 14.9. The van der Waals surface area contributed by atoms with Crippen LogP contribution in [0.2, 0.25) is 0 Å². The Bertz CT molecular complexity index is 1300. The summed E-state index contributed by atoms with van der Waals surface area (Å²) in [6, 6.07) is 15.0. The molecule has 0 fully saturated rings. The average Bonchev–Trinajstić information content (AvgIpc) is 3.38. The number of hydrogen-bond donors (Lipinski definition) is 0. The number of para-hydroxylation sites is 1. The number of carbonyl (C=O) groups is 2. The van der Waals surface area contributed by atoms with Crippen molar-refractivity contribution in [1.82, 2.24) is 0 Å². The molecule has 0 radical (unpaired) electrons. The van der Waals surface area contributed by atoms with Crippen molar-refractivity contribution in [2.24, 2.45) is 0 Å². The van der Waals surface area contributed by atoms with E-state index in [-0.39, 0.29) is 46.5 Å². The van der Waals surface area contributed by atoms with Crippen molar-refractivity contribution >= 4 is 17.8 Å². The summed E-state index contributed by atoms with van der Waals surface area (Å²) in [4.78, 5) is 25.2. The number of Topliss-reactive ketones (excluding diaryl/α,β-unsaturated/α-hetero) is 1. The van der Waals surface area contributed by atoms with Crippen LogP contribution in [0.15, 0.2) is 66.4 Å². The second-order valence-corrected chi connectivity index (χ2v) is 6.97. The first-order valence-electron chi connectivity index (χ1n) is 9.72. The van der Waals surface area contributed by atoms with Gasteiger partial charge in [0.25, 0.3) is 0 Å². The van der Waals surface area contributed by atoms with Crippen LogP contribution in [0.4, 0.5) is 8.78 Å². The SMILES string of the molecule is O=C(Oc1ccc2c(c1)O/C(=C\c1ccccc1OC(F)F)C2=O)c1ccc2c(c1)OCO2. The van der Waals surface area contributed by atoms with Gasteiger partial charge in [-0.05, 0) is 42.5 Å². The molecule has 0 spiro atoms. The number of halogens is 2. The largest absolute Gasteiger partial charge is 0.454 e. The van der Waals surface area contributed by atoms with Crippen molar-refractivity contribution < 1.29 is 42.1 Å². The standard InChI is InChI=1S/C24H14F2O7/c25-24(26)33-17-4-2-1-3-13(17)9-21-22(27)16-7-6-15(11-19(16)32-21)31-23(28)14-5-8-18-20(10-14)30-12-29-18/h1-11,24H,12H2/b21-9-. The number of ether oxygens (including phenoxy) is 5. The Morgan fingerprint density at radius 1 is 0.970 bits per heavy atom. The molecule has 0 saturated heterocycles. The van der Waals surface area contributed by atoms with Gasteiger partial charge in [-0.15, -0.1) is 0 Å². The highest BCUT2D eigenvalue weighted by atomic mass is 19.3. The Morgan fingerprint density at radius 2 is 1.79 bits per heavy atom. The molecule has 33 heavy (non-hydrogen) atoms. The number of carbonyl (C=O) groups excluding carboxylic acids is 2. The van der Waals surface area contributed by atoms with E-state index in [1.54, 1.807) is 18.2 Å². The molecule has 0 aromatic heterocycles. The number of benzene rings is 3. The van der Waals surface area contributed by atoms with E-state index in [4.69, 9.17) is 18.9 Å². The summed E-state index contributed by atoms with van der Waals surface area (Å²) in [6.45, 7) is -2.93. The van der Waals surface area contributed by atoms with Gasteiger partial charge in [-0.1, -0.05) is 18.2 Å². The number of rotatable bonds is 5. The third-order valence-corrected chi connectivity index (χ3v) is 4.88. The van der Waals surface area contributed by atoms with E-state index in [9.17, 15) is 18.4 Å². The van der Waals surface area contributed by atoms with Crippen LogP contribution >= 0.6 is 0 Å². The predicted molar refractivity (Wildman–Crippen MR) is 110 cm³/mol. The van der Waals surface area contributed by atoms with Crippen molar-refractivity contribution in [3.63, 3.8) is 0 Å². The van der Waals surface area contributed by atoms with Crippen molar-refractivity contribution in [2.45, 2.75) is 6.61 Å². The molecular weight excluding hydrogens is 438 g/mol. The molecule has 0 unspecified atom stereocenters. The average molecular weight is 452 g/mol. The predicted octanol–water partition coefficient (Wildman–Crippen LogP) is 4.85. The fraction of sp³-hybridized carbons (Fsp3) is 0.0833. The van der Waals surface area contributed by atoms with Crippen LogP contribution < -0.4 is 23.7 Å². The highest BCUT2D eigenvalue weighted by Gasteiger charge is 2.29. The van der Waals surface area contributed by atoms with Gasteiger partial charge in [-0.2, -0.15) is 8.78 Å². The summed E-state index contributed by atoms with van der Waals surface area (Å²) >= 11 is 0. The molecule has 0 N–H and O–H groups in total. The number of alkyl halides is 2. The molecule has 2 heterocycles. The molecule has 9 heteroatoms.